The fraction of sp³-hybridized carbons (Fsp3) is 0.562. The van der Waals surface area contributed by atoms with Crippen LogP contribution >= 0.6 is 23.6 Å². The minimum atomic E-state index is -0.0646. The molecule has 2 heterocycles. The molecule has 6 heteroatoms. The lowest BCUT2D eigenvalue weighted by Gasteiger charge is -2.27. The van der Waals surface area contributed by atoms with Crippen LogP contribution in [0.25, 0.3) is 0 Å². The molecule has 0 atom stereocenters. The van der Waals surface area contributed by atoms with Gasteiger partial charge < -0.3 is 4.98 Å². The first-order valence-electron chi connectivity index (χ1n) is 7.79. The van der Waals surface area contributed by atoms with Crippen LogP contribution in [0.5, 0.6) is 0 Å². The zero-order valence-electron chi connectivity index (χ0n) is 12.9. The van der Waals surface area contributed by atoms with Crippen molar-refractivity contribution in [3.05, 3.63) is 42.5 Å². The second kappa shape index (κ2) is 6.46. The average molecular weight is 335 g/mol. The van der Waals surface area contributed by atoms with E-state index >= 15 is 0 Å². The van der Waals surface area contributed by atoms with E-state index in [4.69, 9.17) is 12.2 Å². The van der Waals surface area contributed by atoms with Gasteiger partial charge in [-0.05, 0) is 43.8 Å². The summed E-state index contributed by atoms with van der Waals surface area (Å²) in [7, 11) is 0. The maximum absolute atomic E-state index is 12.4. The average Bonchev–Trinajstić information content (AvgIpc) is 2.88. The summed E-state index contributed by atoms with van der Waals surface area (Å²) in [5.41, 5.74) is 2.79. The quantitative estimate of drug-likeness (QED) is 0.831. The van der Waals surface area contributed by atoms with Crippen LogP contribution in [0.15, 0.2) is 10.2 Å². The molecular formula is C16H21N3OS2. The summed E-state index contributed by atoms with van der Waals surface area (Å²) in [6.07, 6.45) is 5.27. The molecule has 3 rings (SSSR count). The summed E-state index contributed by atoms with van der Waals surface area (Å²) in [5, 5.41) is 3.01. The maximum Gasteiger partial charge on any atom is 0.255 e. The van der Waals surface area contributed by atoms with Crippen molar-refractivity contribution in [1.82, 2.24) is 15.0 Å². The number of hydrogen-bond donors (Lipinski definition) is 2. The summed E-state index contributed by atoms with van der Waals surface area (Å²) in [4.78, 5) is 22.9. The minimum Gasteiger partial charge on any atom is -0.335 e. The molecule has 0 radical (unpaired) electrons. The molecule has 0 bridgehead atoms. The molecule has 22 heavy (non-hydrogen) atoms. The standard InChI is InChI=1S/C16H21N3OS2/c1-9-3-5-11(6-4-9)14-12(15(20)19-16(21)18-14)7-13-17-10(2)8-22-13/h8-9,11H,3-7H2,1-2H3,(H2,18,19,20,21). The van der Waals surface area contributed by atoms with Crippen molar-refractivity contribution in [2.75, 3.05) is 0 Å². The second-order valence-electron chi connectivity index (χ2n) is 6.32. The molecule has 1 aliphatic carbocycles. The Morgan fingerprint density at radius 2 is 2.05 bits per heavy atom. The number of thiazole rings is 1. The Morgan fingerprint density at radius 1 is 1.32 bits per heavy atom. The summed E-state index contributed by atoms with van der Waals surface area (Å²) >= 11 is 6.79. The monoisotopic (exact) mass is 335 g/mol. The van der Waals surface area contributed by atoms with Gasteiger partial charge in [-0.25, -0.2) is 4.98 Å². The summed E-state index contributed by atoms with van der Waals surface area (Å²) in [6, 6.07) is 0. The van der Waals surface area contributed by atoms with E-state index in [-0.39, 0.29) is 5.56 Å². The summed E-state index contributed by atoms with van der Waals surface area (Å²) < 4.78 is 0.428. The smallest absolute Gasteiger partial charge is 0.255 e. The molecule has 4 nitrogen and oxygen atoms in total. The van der Waals surface area contributed by atoms with Crippen LogP contribution in [0.2, 0.25) is 0 Å². The van der Waals surface area contributed by atoms with Gasteiger partial charge in [-0.15, -0.1) is 11.3 Å². The number of aromatic nitrogens is 3. The van der Waals surface area contributed by atoms with E-state index in [9.17, 15) is 4.79 Å². The summed E-state index contributed by atoms with van der Waals surface area (Å²) in [5.74, 6) is 1.20. The van der Waals surface area contributed by atoms with Gasteiger partial charge in [0.05, 0.1) is 5.01 Å². The number of aromatic amines is 2. The van der Waals surface area contributed by atoms with Gasteiger partial charge >= 0.3 is 0 Å². The lowest BCUT2D eigenvalue weighted by Crippen LogP contribution is -2.22. The fourth-order valence-electron chi connectivity index (χ4n) is 3.24. The molecule has 0 unspecified atom stereocenters. The number of hydrogen-bond acceptors (Lipinski definition) is 4. The predicted octanol–water partition coefficient (Wildman–Crippen LogP) is 4.08. The van der Waals surface area contributed by atoms with E-state index in [0.29, 0.717) is 17.1 Å². The molecule has 0 amide bonds. The third kappa shape index (κ3) is 3.38. The highest BCUT2D eigenvalue weighted by Crippen LogP contribution is 2.35. The molecule has 0 aliphatic heterocycles. The number of nitrogens with zero attached hydrogens (tertiary/aromatic N) is 1. The first-order valence-corrected chi connectivity index (χ1v) is 9.08. The predicted molar refractivity (Wildman–Crippen MR) is 92.3 cm³/mol. The molecule has 0 spiro atoms. The molecule has 2 aromatic rings. The molecule has 1 saturated carbocycles. The Hall–Kier alpha value is -1.27. The van der Waals surface area contributed by atoms with Crippen LogP contribution in [-0.2, 0) is 6.42 Å². The van der Waals surface area contributed by atoms with E-state index in [1.165, 1.54) is 12.8 Å². The van der Waals surface area contributed by atoms with Gasteiger partial charge in [0, 0.05) is 28.8 Å². The maximum atomic E-state index is 12.4. The first kappa shape index (κ1) is 15.6. The molecule has 1 aliphatic rings. The van der Waals surface area contributed by atoms with Gasteiger partial charge in [-0.3, -0.25) is 9.78 Å². The van der Waals surface area contributed by atoms with E-state index in [2.05, 4.69) is 21.9 Å². The van der Waals surface area contributed by atoms with Gasteiger partial charge in [-0.2, -0.15) is 0 Å². The number of H-pyrrole nitrogens is 2. The van der Waals surface area contributed by atoms with Crippen LogP contribution in [-0.4, -0.2) is 15.0 Å². The zero-order valence-corrected chi connectivity index (χ0v) is 14.6. The third-order valence-electron chi connectivity index (χ3n) is 4.49. The molecule has 0 saturated heterocycles. The lowest BCUT2D eigenvalue weighted by atomic mass is 9.80. The van der Waals surface area contributed by atoms with Crippen LogP contribution < -0.4 is 5.56 Å². The highest BCUT2D eigenvalue weighted by Gasteiger charge is 2.24. The Labute approximate surface area is 139 Å². The third-order valence-corrected chi connectivity index (χ3v) is 5.66. The lowest BCUT2D eigenvalue weighted by molar-refractivity contribution is 0.342. The van der Waals surface area contributed by atoms with Crippen LogP contribution in [0.3, 0.4) is 0 Å². The fourth-order valence-corrected chi connectivity index (χ4v) is 4.22. The van der Waals surface area contributed by atoms with Crippen LogP contribution in [0.4, 0.5) is 0 Å². The van der Waals surface area contributed by atoms with E-state index in [1.807, 2.05) is 12.3 Å². The molecular weight excluding hydrogens is 314 g/mol. The zero-order chi connectivity index (χ0) is 15.7. The molecule has 2 N–H and O–H groups in total. The van der Waals surface area contributed by atoms with Gasteiger partial charge in [-0.1, -0.05) is 19.8 Å². The van der Waals surface area contributed by atoms with Gasteiger partial charge in [0.2, 0.25) is 0 Å². The Kier molecular flexibility index (Phi) is 4.59. The van der Waals surface area contributed by atoms with E-state index in [0.717, 1.165) is 40.7 Å². The second-order valence-corrected chi connectivity index (χ2v) is 7.67. The van der Waals surface area contributed by atoms with Gasteiger partial charge in [0.25, 0.3) is 5.56 Å². The summed E-state index contributed by atoms with van der Waals surface area (Å²) in [6.45, 7) is 4.28. The van der Waals surface area contributed by atoms with Gasteiger partial charge in [0.15, 0.2) is 4.77 Å². The van der Waals surface area contributed by atoms with E-state index in [1.54, 1.807) is 11.3 Å². The Balaban J connectivity index is 1.97. The Bertz CT molecular complexity index is 766. The molecule has 1 fully saturated rings. The number of aryl methyl sites for hydroxylation is 1. The highest BCUT2D eigenvalue weighted by molar-refractivity contribution is 7.71. The molecule has 0 aromatic carbocycles. The largest absolute Gasteiger partial charge is 0.335 e. The highest BCUT2D eigenvalue weighted by atomic mass is 32.1. The number of rotatable bonds is 3. The van der Waals surface area contributed by atoms with Crippen LogP contribution in [0.1, 0.15) is 60.5 Å². The molecule has 118 valence electrons. The SMILES string of the molecule is Cc1csc(Cc2c(C3CCC(C)CC3)[nH]c(=S)[nH]c2=O)n1. The Morgan fingerprint density at radius 3 is 2.68 bits per heavy atom. The van der Waals surface area contributed by atoms with Crippen LogP contribution in [0, 0.1) is 17.6 Å². The van der Waals surface area contributed by atoms with Crippen molar-refractivity contribution in [3.8, 4) is 0 Å². The topological polar surface area (TPSA) is 61.5 Å². The first-order chi connectivity index (χ1) is 10.5. The normalized spacial score (nSPS) is 21.9. The van der Waals surface area contributed by atoms with Crippen molar-refractivity contribution in [2.24, 2.45) is 5.92 Å². The number of nitrogens with one attached hydrogen (secondary N) is 2. The molecule has 2 aromatic heterocycles. The van der Waals surface area contributed by atoms with Gasteiger partial charge in [0.1, 0.15) is 0 Å². The van der Waals surface area contributed by atoms with Crippen molar-refractivity contribution >= 4 is 23.6 Å². The van der Waals surface area contributed by atoms with Crippen molar-refractivity contribution in [3.63, 3.8) is 0 Å². The minimum absolute atomic E-state index is 0.0646. The van der Waals surface area contributed by atoms with Crippen molar-refractivity contribution in [1.29, 1.82) is 0 Å². The van der Waals surface area contributed by atoms with E-state index < -0.39 is 0 Å². The van der Waals surface area contributed by atoms with Crippen molar-refractivity contribution in [2.45, 2.75) is 51.9 Å². The van der Waals surface area contributed by atoms with Crippen molar-refractivity contribution < 1.29 is 0 Å².